The first-order chi connectivity index (χ1) is 10.2. The Morgan fingerprint density at radius 3 is 2.73 bits per heavy atom. The van der Waals surface area contributed by atoms with E-state index in [1.165, 1.54) is 0 Å². The monoisotopic (exact) mass is 324 g/mol. The number of nitrogens with two attached hydrogens (primary N) is 1. The van der Waals surface area contributed by atoms with Crippen LogP contribution >= 0.6 is 0 Å². The maximum atomic E-state index is 11.1. The molecule has 0 fully saturated rings. The molecular formula is C15H24N4O2S. The smallest absolute Gasteiger partial charge is 0.209 e. The maximum Gasteiger partial charge on any atom is 0.209 e. The number of hydrogen-bond acceptors (Lipinski definition) is 4. The Hall–Kier alpha value is -1.47. The van der Waals surface area contributed by atoms with Gasteiger partial charge in [0.15, 0.2) is 5.65 Å². The van der Waals surface area contributed by atoms with Crippen LogP contribution in [-0.2, 0) is 16.4 Å². The largest absolute Gasteiger partial charge is 0.236 e. The lowest BCUT2D eigenvalue weighted by Gasteiger charge is -2.24. The zero-order valence-electron chi connectivity index (χ0n) is 13.4. The van der Waals surface area contributed by atoms with Gasteiger partial charge in [0.2, 0.25) is 10.0 Å². The Balaban J connectivity index is 1.92. The number of primary sulfonamides is 1. The van der Waals surface area contributed by atoms with Gasteiger partial charge in [0.05, 0.1) is 11.4 Å². The van der Waals surface area contributed by atoms with Crippen molar-refractivity contribution in [3.63, 3.8) is 0 Å². The number of imidazole rings is 1. The first-order valence-corrected chi connectivity index (χ1v) is 9.18. The summed E-state index contributed by atoms with van der Waals surface area (Å²) >= 11 is 0. The highest BCUT2D eigenvalue weighted by Gasteiger charge is 2.20. The molecule has 0 atom stereocenters. The lowest BCUT2D eigenvalue weighted by Crippen LogP contribution is -2.22. The van der Waals surface area contributed by atoms with Crippen LogP contribution in [0.1, 0.15) is 44.4 Å². The molecule has 2 aromatic rings. The van der Waals surface area contributed by atoms with Crippen molar-refractivity contribution in [1.82, 2.24) is 14.6 Å². The van der Waals surface area contributed by atoms with Gasteiger partial charge in [0, 0.05) is 12.4 Å². The Labute approximate surface area is 131 Å². The minimum atomic E-state index is -3.38. The number of hydrogen-bond donors (Lipinski definition) is 1. The summed E-state index contributed by atoms with van der Waals surface area (Å²) in [6, 6.07) is 2.04. The molecule has 0 radical (unpaired) electrons. The molecule has 0 saturated carbocycles. The van der Waals surface area contributed by atoms with Crippen molar-refractivity contribution in [2.24, 2.45) is 10.6 Å². The number of fused-ring (bicyclic) bond motifs is 1. The number of aromatic nitrogens is 3. The summed E-state index contributed by atoms with van der Waals surface area (Å²) in [6.07, 6.45) is 6.94. The highest BCUT2D eigenvalue weighted by Crippen LogP contribution is 2.28. The fourth-order valence-corrected chi connectivity index (χ4v) is 3.34. The van der Waals surface area contributed by atoms with Gasteiger partial charge in [-0.25, -0.2) is 23.1 Å². The van der Waals surface area contributed by atoms with Crippen molar-refractivity contribution in [1.29, 1.82) is 0 Å². The van der Waals surface area contributed by atoms with E-state index in [2.05, 4.69) is 23.9 Å². The third-order valence-corrected chi connectivity index (χ3v) is 4.78. The highest BCUT2D eigenvalue weighted by atomic mass is 32.2. The van der Waals surface area contributed by atoms with E-state index in [0.29, 0.717) is 6.42 Å². The van der Waals surface area contributed by atoms with Crippen molar-refractivity contribution in [3.05, 3.63) is 29.7 Å². The Kier molecular flexibility index (Phi) is 4.87. The first-order valence-electron chi connectivity index (χ1n) is 7.47. The molecule has 0 aliphatic carbocycles. The van der Waals surface area contributed by atoms with E-state index in [1.54, 1.807) is 10.7 Å². The quantitative estimate of drug-likeness (QED) is 0.844. The fourth-order valence-electron chi connectivity index (χ4n) is 2.51. The minimum Gasteiger partial charge on any atom is -0.236 e. The molecule has 2 N–H and O–H groups in total. The predicted molar refractivity (Wildman–Crippen MR) is 87.0 cm³/mol. The third-order valence-electron chi connectivity index (χ3n) is 4.01. The van der Waals surface area contributed by atoms with Crippen LogP contribution in [0.25, 0.3) is 5.65 Å². The van der Waals surface area contributed by atoms with Crippen molar-refractivity contribution >= 4 is 15.7 Å². The summed E-state index contributed by atoms with van der Waals surface area (Å²) in [6.45, 7) is 6.21. The molecule has 0 amide bonds. The molecule has 7 heteroatoms. The molecule has 0 aromatic carbocycles. The standard InChI is InChI=1S/C15H24N4O2S/c1-12-11-14-17-8-9-19(14)18-13(12)5-4-6-15(2,3)7-10-22(16,20)21/h8-9,11H,4-7,10H2,1-3H3,(H2,16,20,21). The van der Waals surface area contributed by atoms with Gasteiger partial charge in [-0.2, -0.15) is 5.10 Å². The number of nitrogens with zero attached hydrogens (tertiary/aromatic N) is 3. The van der Waals surface area contributed by atoms with Crippen molar-refractivity contribution in [2.45, 2.75) is 46.5 Å². The van der Waals surface area contributed by atoms with E-state index in [-0.39, 0.29) is 11.2 Å². The number of aryl methyl sites for hydroxylation is 2. The molecule has 0 unspecified atom stereocenters. The summed E-state index contributed by atoms with van der Waals surface area (Å²) in [4.78, 5) is 4.22. The second-order valence-electron chi connectivity index (χ2n) is 6.64. The maximum absolute atomic E-state index is 11.1. The van der Waals surface area contributed by atoms with Gasteiger partial charge in [0.25, 0.3) is 0 Å². The normalized spacial score (nSPS) is 12.9. The van der Waals surface area contributed by atoms with Gasteiger partial charge in [-0.3, -0.25) is 0 Å². The Bertz CT molecular complexity index is 750. The van der Waals surface area contributed by atoms with E-state index in [1.807, 2.05) is 19.2 Å². The molecule has 122 valence electrons. The molecule has 0 bridgehead atoms. The van der Waals surface area contributed by atoms with E-state index < -0.39 is 10.0 Å². The molecule has 6 nitrogen and oxygen atoms in total. The fraction of sp³-hybridized carbons (Fsp3) is 0.600. The van der Waals surface area contributed by atoms with Gasteiger partial charge >= 0.3 is 0 Å². The topological polar surface area (TPSA) is 90.3 Å². The highest BCUT2D eigenvalue weighted by molar-refractivity contribution is 7.89. The van der Waals surface area contributed by atoms with Gasteiger partial charge in [-0.1, -0.05) is 13.8 Å². The summed E-state index contributed by atoms with van der Waals surface area (Å²) in [7, 11) is -3.38. The SMILES string of the molecule is Cc1cc2nccn2nc1CCCC(C)(C)CCS(N)(=O)=O. The Morgan fingerprint density at radius 1 is 1.32 bits per heavy atom. The van der Waals surface area contributed by atoms with Gasteiger partial charge < -0.3 is 0 Å². The number of rotatable bonds is 7. The summed E-state index contributed by atoms with van der Waals surface area (Å²) in [5.74, 6) is 0.0400. The molecule has 22 heavy (non-hydrogen) atoms. The molecule has 0 aliphatic rings. The second kappa shape index (κ2) is 6.34. The molecule has 0 spiro atoms. The summed E-state index contributed by atoms with van der Waals surface area (Å²) in [5.41, 5.74) is 3.02. The van der Waals surface area contributed by atoms with Crippen LogP contribution < -0.4 is 5.14 Å². The van der Waals surface area contributed by atoms with Gasteiger partial charge in [-0.15, -0.1) is 0 Å². The van der Waals surface area contributed by atoms with Crippen LogP contribution in [0.4, 0.5) is 0 Å². The van der Waals surface area contributed by atoms with Crippen LogP contribution in [0.5, 0.6) is 0 Å². The lowest BCUT2D eigenvalue weighted by molar-refractivity contribution is 0.313. The predicted octanol–water partition coefficient (Wildman–Crippen LogP) is 2.07. The van der Waals surface area contributed by atoms with E-state index in [4.69, 9.17) is 5.14 Å². The second-order valence-corrected chi connectivity index (χ2v) is 8.37. The van der Waals surface area contributed by atoms with Crippen molar-refractivity contribution in [3.8, 4) is 0 Å². The average molecular weight is 324 g/mol. The van der Waals surface area contributed by atoms with Gasteiger partial charge in [-0.05, 0) is 49.7 Å². The molecule has 2 rings (SSSR count). The van der Waals surface area contributed by atoms with Crippen LogP contribution in [-0.4, -0.2) is 28.8 Å². The molecule has 0 aliphatic heterocycles. The zero-order valence-corrected chi connectivity index (χ0v) is 14.2. The summed E-state index contributed by atoms with van der Waals surface area (Å²) in [5, 5.41) is 9.66. The van der Waals surface area contributed by atoms with Crippen LogP contribution in [0.3, 0.4) is 0 Å². The zero-order chi connectivity index (χ0) is 16.4. The van der Waals surface area contributed by atoms with Crippen LogP contribution in [0.15, 0.2) is 18.5 Å². The number of sulfonamides is 1. The minimum absolute atomic E-state index is 0.0400. The molecule has 2 aromatic heterocycles. The van der Waals surface area contributed by atoms with E-state index in [0.717, 1.165) is 36.2 Å². The molecule has 2 heterocycles. The van der Waals surface area contributed by atoms with Crippen LogP contribution in [0, 0.1) is 12.3 Å². The molecular weight excluding hydrogens is 300 g/mol. The van der Waals surface area contributed by atoms with Crippen molar-refractivity contribution < 1.29 is 8.42 Å². The van der Waals surface area contributed by atoms with Gasteiger partial charge in [0.1, 0.15) is 0 Å². The first kappa shape index (κ1) is 16.9. The van der Waals surface area contributed by atoms with E-state index >= 15 is 0 Å². The lowest BCUT2D eigenvalue weighted by atomic mass is 9.84. The summed E-state index contributed by atoms with van der Waals surface area (Å²) < 4.78 is 23.9. The van der Waals surface area contributed by atoms with Crippen LogP contribution in [0.2, 0.25) is 0 Å². The Morgan fingerprint density at radius 2 is 2.05 bits per heavy atom. The third kappa shape index (κ3) is 4.78. The molecule has 0 saturated heterocycles. The van der Waals surface area contributed by atoms with Crippen molar-refractivity contribution in [2.75, 3.05) is 5.75 Å². The van der Waals surface area contributed by atoms with E-state index in [9.17, 15) is 8.42 Å². The average Bonchev–Trinajstić information content (AvgIpc) is 2.83.